The summed E-state index contributed by atoms with van der Waals surface area (Å²) in [4.78, 5) is 10.6. The number of fused-ring (bicyclic) bond motifs is 1. The van der Waals surface area contributed by atoms with Gasteiger partial charge in [-0.1, -0.05) is 0 Å². The molecule has 1 aromatic rings. The summed E-state index contributed by atoms with van der Waals surface area (Å²) in [6.45, 7) is -0.992. The molecule has 3 rings (SSSR count). The van der Waals surface area contributed by atoms with Gasteiger partial charge in [0, 0.05) is 0 Å². The molecule has 0 bridgehead atoms. The van der Waals surface area contributed by atoms with E-state index in [0.29, 0.717) is 5.75 Å². The van der Waals surface area contributed by atoms with Crippen LogP contribution in [0.3, 0.4) is 0 Å². The number of nitro benzene ring substituents is 1. The molecule has 0 aliphatic carbocycles. The second-order valence-electron chi connectivity index (χ2n) is 5.60. The van der Waals surface area contributed by atoms with Crippen molar-refractivity contribution in [2.24, 2.45) is 0 Å². The highest BCUT2D eigenvalue weighted by Crippen LogP contribution is 2.38. The first kappa shape index (κ1) is 17.8. The fraction of sp³-hybridized carbons (Fsp3) is 0.571. The van der Waals surface area contributed by atoms with Gasteiger partial charge in [-0.15, -0.1) is 0 Å². The molecule has 0 saturated carbocycles. The second-order valence-corrected chi connectivity index (χ2v) is 5.60. The molecule has 138 valence electrons. The predicted molar refractivity (Wildman–Crippen MR) is 77.8 cm³/mol. The topological polar surface area (TPSA) is 161 Å². The van der Waals surface area contributed by atoms with Crippen molar-refractivity contribution in [2.75, 3.05) is 13.4 Å². The third kappa shape index (κ3) is 3.38. The Bertz CT molecular complexity index is 651. The standard InChI is InChI=1S/C14H17NO10/c16-3-10-11(17)12(18)13(19)14(25-10)22-4-6-1-8-9(24-5-23-8)2-7(6)15(20)21/h1-2,10-14,16-19H,3-5H2/t10?,11-,12?,13?,14+/m0/s1. The van der Waals surface area contributed by atoms with Gasteiger partial charge in [-0.05, 0) is 6.07 Å². The van der Waals surface area contributed by atoms with Crippen LogP contribution in [0.5, 0.6) is 11.5 Å². The minimum absolute atomic E-state index is 0.0521. The molecule has 5 atom stereocenters. The maximum Gasteiger partial charge on any atom is 0.278 e. The van der Waals surface area contributed by atoms with E-state index < -0.39 is 42.2 Å². The summed E-state index contributed by atoms with van der Waals surface area (Å²) in [5, 5.41) is 49.7. The van der Waals surface area contributed by atoms with Crippen molar-refractivity contribution in [2.45, 2.75) is 37.3 Å². The number of hydrogen-bond acceptors (Lipinski definition) is 10. The maximum atomic E-state index is 11.2. The van der Waals surface area contributed by atoms with E-state index in [1.807, 2.05) is 0 Å². The van der Waals surface area contributed by atoms with Crippen LogP contribution in [-0.2, 0) is 16.1 Å². The molecule has 0 spiro atoms. The molecule has 3 unspecified atom stereocenters. The minimum atomic E-state index is -1.59. The summed E-state index contributed by atoms with van der Waals surface area (Å²) in [6, 6.07) is 2.58. The maximum absolute atomic E-state index is 11.2. The molecule has 11 heteroatoms. The molecule has 0 amide bonds. The van der Waals surface area contributed by atoms with Crippen LogP contribution in [0.25, 0.3) is 0 Å². The Morgan fingerprint density at radius 3 is 2.48 bits per heavy atom. The van der Waals surface area contributed by atoms with Crippen LogP contribution in [0.4, 0.5) is 5.69 Å². The van der Waals surface area contributed by atoms with Gasteiger partial charge in [-0.3, -0.25) is 10.1 Å². The van der Waals surface area contributed by atoms with Gasteiger partial charge in [-0.25, -0.2) is 0 Å². The molecule has 0 radical (unpaired) electrons. The van der Waals surface area contributed by atoms with Gasteiger partial charge in [0.05, 0.1) is 29.8 Å². The van der Waals surface area contributed by atoms with Crippen molar-refractivity contribution in [1.29, 1.82) is 0 Å². The van der Waals surface area contributed by atoms with Crippen LogP contribution in [0.15, 0.2) is 12.1 Å². The van der Waals surface area contributed by atoms with E-state index in [2.05, 4.69) is 0 Å². The average molecular weight is 359 g/mol. The van der Waals surface area contributed by atoms with Crippen molar-refractivity contribution in [3.8, 4) is 11.5 Å². The average Bonchev–Trinajstić information content (AvgIpc) is 3.05. The number of nitro groups is 1. The molecular formula is C14H17NO10. The van der Waals surface area contributed by atoms with Gasteiger partial charge in [0.2, 0.25) is 6.79 Å². The van der Waals surface area contributed by atoms with E-state index in [-0.39, 0.29) is 30.4 Å². The van der Waals surface area contributed by atoms with Crippen molar-refractivity contribution >= 4 is 5.69 Å². The zero-order chi connectivity index (χ0) is 18.1. The number of aliphatic hydroxyl groups is 4. The fourth-order valence-electron chi connectivity index (χ4n) is 2.64. The number of benzene rings is 1. The van der Waals surface area contributed by atoms with Gasteiger partial charge in [-0.2, -0.15) is 0 Å². The Kier molecular flexibility index (Phi) is 5.03. The number of hydrogen-bond donors (Lipinski definition) is 4. The van der Waals surface area contributed by atoms with E-state index >= 15 is 0 Å². The lowest BCUT2D eigenvalue weighted by Crippen LogP contribution is -2.59. The van der Waals surface area contributed by atoms with Crippen LogP contribution >= 0.6 is 0 Å². The van der Waals surface area contributed by atoms with Crippen molar-refractivity contribution in [3.05, 3.63) is 27.8 Å². The van der Waals surface area contributed by atoms with Crippen molar-refractivity contribution < 1.29 is 44.3 Å². The molecule has 4 N–H and O–H groups in total. The molecular weight excluding hydrogens is 342 g/mol. The first-order valence-corrected chi connectivity index (χ1v) is 7.41. The molecule has 0 aromatic heterocycles. The Balaban J connectivity index is 1.76. The number of ether oxygens (including phenoxy) is 4. The lowest BCUT2D eigenvalue weighted by atomic mass is 9.99. The van der Waals surface area contributed by atoms with Gasteiger partial charge >= 0.3 is 0 Å². The molecule has 2 heterocycles. The van der Waals surface area contributed by atoms with E-state index in [1.165, 1.54) is 12.1 Å². The lowest BCUT2D eigenvalue weighted by Gasteiger charge is -2.39. The van der Waals surface area contributed by atoms with E-state index in [0.717, 1.165) is 0 Å². The molecule has 1 saturated heterocycles. The SMILES string of the molecule is O=[N+]([O-])c1cc2c(cc1CO[C@@H]1OC(CO)[C@H](O)C(O)C1O)OCO2. The van der Waals surface area contributed by atoms with Gasteiger partial charge < -0.3 is 39.4 Å². The van der Waals surface area contributed by atoms with Crippen LogP contribution in [0.1, 0.15) is 5.56 Å². The highest BCUT2D eigenvalue weighted by atomic mass is 16.7. The summed E-state index contributed by atoms with van der Waals surface area (Å²) in [6.07, 6.45) is -7.22. The zero-order valence-electron chi connectivity index (χ0n) is 12.8. The Labute approximate surface area is 141 Å². The lowest BCUT2D eigenvalue weighted by molar-refractivity contribution is -0.386. The van der Waals surface area contributed by atoms with Crippen LogP contribution in [-0.4, -0.2) is 69.5 Å². The molecule has 1 aromatic carbocycles. The quantitative estimate of drug-likeness (QED) is 0.365. The van der Waals surface area contributed by atoms with E-state index in [4.69, 9.17) is 24.1 Å². The fourth-order valence-corrected chi connectivity index (χ4v) is 2.64. The van der Waals surface area contributed by atoms with Crippen molar-refractivity contribution in [3.63, 3.8) is 0 Å². The van der Waals surface area contributed by atoms with Crippen LogP contribution in [0.2, 0.25) is 0 Å². The number of nitrogens with zero attached hydrogens (tertiary/aromatic N) is 1. The van der Waals surface area contributed by atoms with Crippen LogP contribution < -0.4 is 9.47 Å². The normalized spacial score (nSPS) is 31.1. The monoisotopic (exact) mass is 359 g/mol. The third-order valence-electron chi connectivity index (χ3n) is 4.02. The summed E-state index contributed by atoms with van der Waals surface area (Å²) < 4.78 is 20.8. The summed E-state index contributed by atoms with van der Waals surface area (Å²) in [5.74, 6) is 0.557. The largest absolute Gasteiger partial charge is 0.454 e. The number of rotatable bonds is 5. The second kappa shape index (κ2) is 7.07. The first-order valence-electron chi connectivity index (χ1n) is 7.41. The summed E-state index contributed by atoms with van der Waals surface area (Å²) in [5.41, 5.74) is -0.125. The summed E-state index contributed by atoms with van der Waals surface area (Å²) >= 11 is 0. The van der Waals surface area contributed by atoms with Gasteiger partial charge in [0.25, 0.3) is 5.69 Å². The summed E-state index contributed by atoms with van der Waals surface area (Å²) in [7, 11) is 0. The van der Waals surface area contributed by atoms with Gasteiger partial charge in [0.15, 0.2) is 17.8 Å². The Morgan fingerprint density at radius 1 is 1.16 bits per heavy atom. The van der Waals surface area contributed by atoms with Crippen LogP contribution in [0, 0.1) is 10.1 Å². The Morgan fingerprint density at radius 2 is 1.84 bits per heavy atom. The highest BCUT2D eigenvalue weighted by molar-refractivity contribution is 5.55. The van der Waals surface area contributed by atoms with Crippen molar-refractivity contribution in [1.82, 2.24) is 0 Å². The highest BCUT2D eigenvalue weighted by Gasteiger charge is 2.44. The third-order valence-corrected chi connectivity index (χ3v) is 4.02. The molecule has 2 aliphatic heterocycles. The molecule has 11 nitrogen and oxygen atoms in total. The number of aliphatic hydroxyl groups excluding tert-OH is 4. The van der Waals surface area contributed by atoms with Gasteiger partial charge in [0.1, 0.15) is 24.4 Å². The molecule has 2 aliphatic rings. The smallest absolute Gasteiger partial charge is 0.278 e. The van der Waals surface area contributed by atoms with E-state index in [9.17, 15) is 25.4 Å². The molecule has 25 heavy (non-hydrogen) atoms. The zero-order valence-corrected chi connectivity index (χ0v) is 12.8. The first-order chi connectivity index (χ1) is 11.9. The minimum Gasteiger partial charge on any atom is -0.454 e. The Hall–Kier alpha value is -2.02. The molecule has 1 fully saturated rings. The predicted octanol–water partition coefficient (Wildman–Crippen LogP) is -1.36. The van der Waals surface area contributed by atoms with E-state index in [1.54, 1.807) is 0 Å².